The molecule has 0 saturated heterocycles. The molecule has 3 aromatic heterocycles. The quantitative estimate of drug-likeness (QED) is 0.0577. The summed E-state index contributed by atoms with van der Waals surface area (Å²) in [5, 5.41) is 9.22. The minimum atomic E-state index is -0.236. The number of carbonyl (C=O) groups excluding carboxylic acids is 3. The van der Waals surface area contributed by atoms with Gasteiger partial charge in [0, 0.05) is 41.4 Å². The van der Waals surface area contributed by atoms with Gasteiger partial charge in [-0.3, -0.25) is 14.4 Å². The molecule has 0 N–H and O–H groups in total. The monoisotopic (exact) mass is 1290 g/mol. The maximum absolute atomic E-state index is 12.8. The number of fused-ring (bicyclic) bond motifs is 3. The number of para-hydroxylation sites is 6. The Bertz CT molecular complexity index is 3840. The highest BCUT2D eigenvalue weighted by Crippen LogP contribution is 2.33. The molecule has 0 amide bonds. The summed E-state index contributed by atoms with van der Waals surface area (Å²) in [5.41, 5.74) is 9.90. The molecule has 3 saturated carbocycles. The molecule has 0 spiro atoms. The van der Waals surface area contributed by atoms with Gasteiger partial charge in [0.2, 0.25) is 0 Å². The first-order valence-electron chi connectivity index (χ1n) is 34.4. The third kappa shape index (κ3) is 21.1. The van der Waals surface area contributed by atoms with Crippen molar-refractivity contribution in [3.8, 4) is 40.2 Å². The van der Waals surface area contributed by atoms with E-state index in [0.29, 0.717) is 29.1 Å². The number of ether oxygens (including phenoxy) is 3. The van der Waals surface area contributed by atoms with Gasteiger partial charge < -0.3 is 32.8 Å². The van der Waals surface area contributed by atoms with Gasteiger partial charge in [-0.15, -0.1) is 11.8 Å². The molecule has 94 heavy (non-hydrogen) atoms. The molecule has 15 heteroatoms. The molecule has 3 heterocycles. The van der Waals surface area contributed by atoms with E-state index in [-0.39, 0.29) is 55.9 Å². The predicted molar refractivity (Wildman–Crippen MR) is 387 cm³/mol. The van der Waals surface area contributed by atoms with Crippen LogP contribution in [0.5, 0.6) is 0 Å². The van der Waals surface area contributed by atoms with Crippen molar-refractivity contribution in [2.45, 2.75) is 201 Å². The number of hydrogen-bond donors (Lipinski definition) is 0. The normalized spacial score (nSPS) is 18.1. The number of carbonyl (C=O) groups is 3. The number of esters is 3. The number of imidazole rings is 3. The second-order valence-corrected chi connectivity index (χ2v) is 26.5. The van der Waals surface area contributed by atoms with E-state index in [9.17, 15) is 19.6 Å². The molecule has 3 unspecified atom stereocenters. The van der Waals surface area contributed by atoms with E-state index >= 15 is 0 Å². The lowest BCUT2D eigenvalue weighted by Gasteiger charge is -2.26. The number of benzene rings is 6. The molecule has 6 atom stereocenters. The van der Waals surface area contributed by atoms with E-state index in [4.69, 9.17) is 29.2 Å². The fourth-order valence-electron chi connectivity index (χ4n) is 12.3. The highest BCUT2D eigenvalue weighted by molar-refractivity contribution is 7.98. The lowest BCUT2D eigenvalue weighted by Crippen LogP contribution is -2.26. The summed E-state index contributed by atoms with van der Waals surface area (Å²) >= 11 is 1.71. The van der Waals surface area contributed by atoms with Gasteiger partial charge >= 0.3 is 17.9 Å². The second-order valence-electron chi connectivity index (χ2n) is 25.7. The van der Waals surface area contributed by atoms with Crippen LogP contribution in [-0.4, -0.2) is 85.2 Å². The maximum Gasteiger partial charge on any atom is 0.326 e. The third-order valence-electron chi connectivity index (χ3n) is 16.6. The molecule has 500 valence electrons. The molecule has 0 radical (unpaired) electrons. The molecular formula is C79H102N8O6S. The fraction of sp³-hybridized carbons (Fsp3) is 0.456. The number of thioether (sulfide) groups is 1. The van der Waals surface area contributed by atoms with Gasteiger partial charge in [0.1, 0.15) is 55.4 Å². The van der Waals surface area contributed by atoms with Crippen LogP contribution in [0.4, 0.5) is 5.69 Å². The van der Waals surface area contributed by atoms with Gasteiger partial charge in [0.05, 0.1) is 44.7 Å². The highest BCUT2D eigenvalue weighted by atomic mass is 32.2. The van der Waals surface area contributed by atoms with Crippen LogP contribution < -0.4 is 4.90 Å². The molecule has 3 fully saturated rings. The number of anilines is 1. The van der Waals surface area contributed by atoms with Gasteiger partial charge in [-0.2, -0.15) is 5.26 Å². The minimum absolute atomic E-state index is 0.0106. The summed E-state index contributed by atoms with van der Waals surface area (Å²) < 4.78 is 23.3. The second kappa shape index (κ2) is 37.6. The first-order chi connectivity index (χ1) is 45.5. The zero-order valence-electron chi connectivity index (χ0n) is 58.0. The topological polar surface area (TPSA) is 159 Å². The molecule has 9 aromatic rings. The largest absolute Gasteiger partial charge is 0.461 e. The van der Waals surface area contributed by atoms with Crippen LogP contribution in [0.25, 0.3) is 67.3 Å². The SMILES string of the molecule is CC1CCC[C@H](OC(=O)Cn2c(-c3ccc(N(C)C)cc3)nc3ccccc32)C1.CC1CCC[C@H](OC(=O)Cn2c(-c3cccc(C#N)c3)nc3ccccc32)C1.CCC.CCC.CCC.CSc1ccc(-c2nc3ccccc3n2CC(=O)O[C@H]2CCCC(C)C2)cc1. The van der Waals surface area contributed by atoms with Gasteiger partial charge in [0.25, 0.3) is 0 Å². The van der Waals surface area contributed by atoms with Crippen LogP contribution in [0.2, 0.25) is 0 Å². The van der Waals surface area contributed by atoms with Gasteiger partial charge in [-0.05, 0) is 167 Å². The van der Waals surface area contributed by atoms with Crippen molar-refractivity contribution in [1.29, 1.82) is 5.26 Å². The Labute approximate surface area is 563 Å². The Morgan fingerprint density at radius 2 is 0.819 bits per heavy atom. The average Bonchev–Trinajstić information content (AvgIpc) is 1.66. The maximum atomic E-state index is 12.8. The highest BCUT2D eigenvalue weighted by Gasteiger charge is 2.27. The third-order valence-corrected chi connectivity index (χ3v) is 17.4. The van der Waals surface area contributed by atoms with E-state index in [1.54, 1.807) is 23.9 Å². The smallest absolute Gasteiger partial charge is 0.326 e. The Morgan fingerprint density at radius 3 is 1.15 bits per heavy atom. The Hall–Kier alpha value is -8.22. The fourth-order valence-corrected chi connectivity index (χ4v) is 12.7. The van der Waals surface area contributed by atoms with Crippen LogP contribution in [0, 0.1) is 29.1 Å². The molecule has 14 nitrogen and oxygen atoms in total. The molecule has 0 bridgehead atoms. The number of nitrogens with zero attached hydrogens (tertiary/aromatic N) is 8. The van der Waals surface area contributed by atoms with Crippen molar-refractivity contribution in [2.24, 2.45) is 17.8 Å². The first-order valence-corrected chi connectivity index (χ1v) is 35.6. The van der Waals surface area contributed by atoms with Crippen molar-refractivity contribution in [3.05, 3.63) is 151 Å². The molecule has 0 aliphatic heterocycles. The molecule has 12 rings (SSSR count). The van der Waals surface area contributed by atoms with Crippen molar-refractivity contribution in [1.82, 2.24) is 28.7 Å². The van der Waals surface area contributed by atoms with E-state index in [2.05, 4.69) is 128 Å². The van der Waals surface area contributed by atoms with E-state index in [1.807, 2.05) is 113 Å². The van der Waals surface area contributed by atoms with Crippen molar-refractivity contribution >= 4 is 68.5 Å². The lowest BCUT2D eigenvalue weighted by molar-refractivity contribution is -0.152. The van der Waals surface area contributed by atoms with Crippen molar-refractivity contribution in [3.63, 3.8) is 0 Å². The van der Waals surface area contributed by atoms with Crippen LogP contribution in [0.15, 0.2) is 150 Å². The summed E-state index contributed by atoms with van der Waals surface area (Å²) in [6, 6.07) is 49.7. The van der Waals surface area contributed by atoms with Crippen molar-refractivity contribution in [2.75, 3.05) is 25.3 Å². The Balaban J connectivity index is 0.000000187. The molecule has 3 aliphatic rings. The van der Waals surface area contributed by atoms with Crippen LogP contribution in [0.1, 0.15) is 164 Å². The van der Waals surface area contributed by atoms with Crippen LogP contribution >= 0.6 is 11.8 Å². The van der Waals surface area contributed by atoms with E-state index in [0.717, 1.165) is 125 Å². The summed E-state index contributed by atoms with van der Waals surface area (Å²) in [6.07, 6.45) is 18.7. The summed E-state index contributed by atoms with van der Waals surface area (Å²) in [5.74, 6) is 3.54. The summed E-state index contributed by atoms with van der Waals surface area (Å²) in [4.78, 5) is 55.8. The molecular weight excluding hydrogens is 1190 g/mol. The zero-order chi connectivity index (χ0) is 67.5. The number of hydrogen-bond acceptors (Lipinski definition) is 12. The lowest BCUT2D eigenvalue weighted by atomic mass is 9.89. The van der Waals surface area contributed by atoms with Gasteiger partial charge in [0.15, 0.2) is 0 Å². The summed E-state index contributed by atoms with van der Waals surface area (Å²) in [7, 11) is 4.04. The van der Waals surface area contributed by atoms with Crippen molar-refractivity contribution < 1.29 is 28.6 Å². The van der Waals surface area contributed by atoms with E-state index in [1.165, 1.54) is 43.4 Å². The average molecular weight is 1290 g/mol. The standard InChI is InChI=1S/C24H29N3O2.C23H23N3O2.C23H26N2O2S.3C3H8/c1-17-7-6-8-20(15-17)29-23(28)16-27-22-10-5-4-9-21(22)25-24(27)18-11-13-19(14-12-18)26(2)3;1-16-6-4-9-19(12-16)28-22(27)15-26-21-11-3-2-10-20(21)25-23(26)18-8-5-7-17(13-18)14-24;1-16-6-5-7-18(14-16)27-22(26)15-25-21-9-4-3-8-20(21)24-23(25)17-10-12-19(28-2)13-11-17;3*1-3-2/h4-5,9-14,17,20H,6-8,15-16H2,1-3H3;2-3,5,7-8,10-11,13,16,19H,4,6,9,12,15H2,1H3;3-4,8-13,16,18H,5-7,14-15H2,1-2H3;3*3H2,1-2H3/t17?,20-;16?,19-;16?,18-;;;/m000.../s1. The van der Waals surface area contributed by atoms with E-state index < -0.39 is 0 Å². The number of nitriles is 1. The predicted octanol–water partition coefficient (Wildman–Crippen LogP) is 19.4. The minimum Gasteiger partial charge on any atom is -0.461 e. The first kappa shape index (κ1) is 73.2. The van der Waals surface area contributed by atoms with Crippen LogP contribution in [0.3, 0.4) is 0 Å². The molecule has 6 aromatic carbocycles. The Kier molecular flexibility index (Phi) is 29.3. The van der Waals surface area contributed by atoms with Gasteiger partial charge in [-0.25, -0.2) is 15.0 Å². The number of rotatable bonds is 14. The zero-order valence-corrected chi connectivity index (χ0v) is 58.8. The van der Waals surface area contributed by atoms with Gasteiger partial charge in [-0.1, -0.05) is 162 Å². The van der Waals surface area contributed by atoms with Crippen LogP contribution in [-0.2, 0) is 48.2 Å². The molecule has 3 aliphatic carbocycles. The summed E-state index contributed by atoms with van der Waals surface area (Å²) in [6.45, 7) is 19.9. The Morgan fingerprint density at radius 1 is 0.479 bits per heavy atom. The number of aromatic nitrogens is 6.